The van der Waals surface area contributed by atoms with E-state index in [1.165, 1.54) is 17.9 Å². The summed E-state index contributed by atoms with van der Waals surface area (Å²) in [5.74, 6) is -0.763. The zero-order chi connectivity index (χ0) is 17.1. The lowest BCUT2D eigenvalue weighted by Crippen LogP contribution is -2.19. The maximum absolute atomic E-state index is 11.9. The van der Waals surface area contributed by atoms with Crippen molar-refractivity contribution in [3.8, 4) is 5.75 Å². The Balaban J connectivity index is 2.15. The first-order valence-corrected chi connectivity index (χ1v) is 7.57. The number of carbonyl (C=O) groups is 1. The summed E-state index contributed by atoms with van der Waals surface area (Å²) in [6.07, 6.45) is 2.45. The number of hydrogen-bond acceptors (Lipinski definition) is 6. The molecule has 0 unspecified atom stereocenters. The van der Waals surface area contributed by atoms with E-state index in [0.717, 1.165) is 6.20 Å². The van der Waals surface area contributed by atoms with E-state index < -0.39 is 16.5 Å². The van der Waals surface area contributed by atoms with Crippen LogP contribution in [0.5, 0.6) is 5.75 Å². The quantitative estimate of drug-likeness (QED) is 0.423. The summed E-state index contributed by atoms with van der Waals surface area (Å²) in [5, 5.41) is 27.9. The van der Waals surface area contributed by atoms with Crippen LogP contribution in [0.25, 0.3) is 0 Å². The summed E-state index contributed by atoms with van der Waals surface area (Å²) >= 11 is 6.33. The molecule has 0 radical (unpaired) electrons. The average molecular weight is 447 g/mol. The SMILES string of the molecule is Cn1cc([N+](=O)[O-])c(C(=O)N/N=C\c2cc(Br)c(O)c(Br)c2)n1. The fourth-order valence-electron chi connectivity index (χ4n) is 1.65. The van der Waals surface area contributed by atoms with Gasteiger partial charge in [-0.15, -0.1) is 0 Å². The Labute approximate surface area is 146 Å². The maximum Gasteiger partial charge on any atom is 0.320 e. The van der Waals surface area contributed by atoms with E-state index in [9.17, 15) is 20.0 Å². The molecule has 0 aliphatic carbocycles. The molecule has 120 valence electrons. The molecule has 0 spiro atoms. The third-order valence-corrected chi connectivity index (χ3v) is 3.85. The number of nitrogens with one attached hydrogen (secondary N) is 1. The van der Waals surface area contributed by atoms with Crippen LogP contribution in [0, 0.1) is 10.1 Å². The molecular weight excluding hydrogens is 438 g/mol. The Morgan fingerprint density at radius 3 is 2.65 bits per heavy atom. The first-order valence-electron chi connectivity index (χ1n) is 5.99. The van der Waals surface area contributed by atoms with Gasteiger partial charge in [0.05, 0.1) is 20.1 Å². The van der Waals surface area contributed by atoms with Gasteiger partial charge in [-0.1, -0.05) is 0 Å². The Morgan fingerprint density at radius 2 is 2.09 bits per heavy atom. The maximum atomic E-state index is 11.9. The van der Waals surface area contributed by atoms with Gasteiger partial charge in [-0.2, -0.15) is 10.2 Å². The summed E-state index contributed by atoms with van der Waals surface area (Å²) in [6.45, 7) is 0. The molecule has 0 aliphatic rings. The largest absolute Gasteiger partial charge is 0.506 e. The highest BCUT2D eigenvalue weighted by atomic mass is 79.9. The highest BCUT2D eigenvalue weighted by molar-refractivity contribution is 9.11. The zero-order valence-electron chi connectivity index (χ0n) is 11.5. The molecule has 9 nitrogen and oxygen atoms in total. The smallest absolute Gasteiger partial charge is 0.320 e. The number of rotatable bonds is 4. The number of phenolic OH excluding ortho intramolecular Hbond substituents is 1. The normalized spacial score (nSPS) is 10.9. The Bertz CT molecular complexity index is 795. The van der Waals surface area contributed by atoms with Crippen LogP contribution < -0.4 is 5.43 Å². The molecule has 1 amide bonds. The van der Waals surface area contributed by atoms with Crippen LogP contribution in [0.3, 0.4) is 0 Å². The van der Waals surface area contributed by atoms with E-state index >= 15 is 0 Å². The molecule has 0 atom stereocenters. The number of carbonyl (C=O) groups excluding carboxylic acids is 1. The summed E-state index contributed by atoms with van der Waals surface area (Å²) in [6, 6.07) is 3.16. The van der Waals surface area contributed by atoms with Crippen LogP contribution in [0.1, 0.15) is 16.1 Å². The topological polar surface area (TPSA) is 123 Å². The van der Waals surface area contributed by atoms with Crippen LogP contribution in [0.2, 0.25) is 0 Å². The number of benzene rings is 1. The predicted octanol–water partition coefficient (Wildman–Crippen LogP) is 2.32. The van der Waals surface area contributed by atoms with Gasteiger partial charge in [0.1, 0.15) is 11.9 Å². The summed E-state index contributed by atoms with van der Waals surface area (Å²) in [4.78, 5) is 22.0. The second kappa shape index (κ2) is 6.87. The number of hydrogen-bond donors (Lipinski definition) is 2. The third-order valence-electron chi connectivity index (χ3n) is 2.64. The van der Waals surface area contributed by atoms with Crippen molar-refractivity contribution in [2.24, 2.45) is 12.1 Å². The molecular formula is C12H9Br2N5O4. The van der Waals surface area contributed by atoms with E-state index in [1.807, 2.05) is 0 Å². The van der Waals surface area contributed by atoms with Gasteiger partial charge in [0.25, 0.3) is 5.91 Å². The first-order chi connectivity index (χ1) is 10.8. The van der Waals surface area contributed by atoms with E-state index in [-0.39, 0.29) is 11.4 Å². The number of aromatic nitrogens is 2. The Hall–Kier alpha value is -2.27. The number of nitrogens with zero attached hydrogens (tertiary/aromatic N) is 4. The van der Waals surface area contributed by atoms with Gasteiger partial charge in [0.15, 0.2) is 0 Å². The highest BCUT2D eigenvalue weighted by Crippen LogP contribution is 2.32. The van der Waals surface area contributed by atoms with Crippen molar-refractivity contribution < 1.29 is 14.8 Å². The molecule has 23 heavy (non-hydrogen) atoms. The molecule has 2 N–H and O–H groups in total. The van der Waals surface area contributed by atoms with Crippen LogP contribution in [-0.2, 0) is 7.05 Å². The Morgan fingerprint density at radius 1 is 1.48 bits per heavy atom. The van der Waals surface area contributed by atoms with E-state index in [1.54, 1.807) is 12.1 Å². The fourth-order valence-corrected chi connectivity index (χ4v) is 2.87. The standard InChI is InChI=1S/C12H9Br2N5O4/c1-18-5-9(19(22)23)10(17-18)12(21)16-15-4-6-2-7(13)11(20)8(14)3-6/h2-5,20H,1H3,(H,16,21)/b15-4-. The van der Waals surface area contributed by atoms with Gasteiger partial charge in [-0.25, -0.2) is 5.43 Å². The lowest BCUT2D eigenvalue weighted by molar-refractivity contribution is -0.385. The number of phenols is 1. The Kier molecular flexibility index (Phi) is 5.11. The fraction of sp³-hybridized carbons (Fsp3) is 0.0833. The van der Waals surface area contributed by atoms with Crippen molar-refractivity contribution >= 4 is 49.7 Å². The molecule has 1 heterocycles. The number of nitro groups is 1. The third kappa shape index (κ3) is 3.93. The van der Waals surface area contributed by atoms with Crippen molar-refractivity contribution in [1.29, 1.82) is 0 Å². The highest BCUT2D eigenvalue weighted by Gasteiger charge is 2.24. The van der Waals surface area contributed by atoms with Gasteiger partial charge >= 0.3 is 5.69 Å². The van der Waals surface area contributed by atoms with Crippen molar-refractivity contribution in [3.63, 3.8) is 0 Å². The van der Waals surface area contributed by atoms with Gasteiger partial charge in [0.2, 0.25) is 5.69 Å². The van der Waals surface area contributed by atoms with E-state index in [2.05, 4.69) is 47.5 Å². The van der Waals surface area contributed by atoms with E-state index in [4.69, 9.17) is 0 Å². The van der Waals surface area contributed by atoms with Crippen LogP contribution >= 0.6 is 31.9 Å². The molecule has 0 saturated heterocycles. The summed E-state index contributed by atoms with van der Waals surface area (Å²) in [5.41, 5.74) is 2.01. The summed E-state index contributed by atoms with van der Waals surface area (Å²) < 4.78 is 2.06. The minimum Gasteiger partial charge on any atom is -0.506 e. The monoisotopic (exact) mass is 445 g/mol. The molecule has 0 aliphatic heterocycles. The minimum atomic E-state index is -0.801. The lowest BCUT2D eigenvalue weighted by atomic mass is 10.2. The number of aromatic hydroxyl groups is 1. The average Bonchev–Trinajstić information content (AvgIpc) is 2.87. The van der Waals surface area contributed by atoms with Gasteiger partial charge in [-0.3, -0.25) is 19.6 Å². The van der Waals surface area contributed by atoms with E-state index in [0.29, 0.717) is 14.5 Å². The lowest BCUT2D eigenvalue weighted by Gasteiger charge is -2.02. The number of amides is 1. The van der Waals surface area contributed by atoms with Crippen molar-refractivity contribution in [1.82, 2.24) is 15.2 Å². The van der Waals surface area contributed by atoms with Gasteiger partial charge in [0, 0.05) is 7.05 Å². The predicted molar refractivity (Wildman–Crippen MR) is 88.4 cm³/mol. The first kappa shape index (κ1) is 17.1. The zero-order valence-corrected chi connectivity index (χ0v) is 14.7. The molecule has 1 aromatic heterocycles. The number of halogens is 2. The molecule has 11 heteroatoms. The van der Waals surface area contributed by atoms with Crippen molar-refractivity contribution in [2.75, 3.05) is 0 Å². The number of hydrazone groups is 1. The van der Waals surface area contributed by atoms with Gasteiger partial charge in [-0.05, 0) is 49.6 Å². The van der Waals surface area contributed by atoms with Crippen LogP contribution in [0.4, 0.5) is 5.69 Å². The molecule has 0 fully saturated rings. The molecule has 0 bridgehead atoms. The van der Waals surface area contributed by atoms with Crippen LogP contribution in [-0.4, -0.2) is 31.9 Å². The molecule has 0 saturated carbocycles. The van der Waals surface area contributed by atoms with Gasteiger partial charge < -0.3 is 5.11 Å². The minimum absolute atomic E-state index is 0.0373. The van der Waals surface area contributed by atoms with Crippen LogP contribution in [0.15, 0.2) is 32.4 Å². The van der Waals surface area contributed by atoms with Crippen molar-refractivity contribution in [3.05, 3.63) is 48.6 Å². The number of aryl methyl sites for hydroxylation is 1. The molecule has 2 rings (SSSR count). The second-order valence-corrected chi connectivity index (χ2v) is 6.03. The second-order valence-electron chi connectivity index (χ2n) is 4.33. The van der Waals surface area contributed by atoms with Crippen molar-refractivity contribution in [2.45, 2.75) is 0 Å². The summed E-state index contributed by atoms with van der Waals surface area (Å²) in [7, 11) is 1.47. The molecule has 2 aromatic rings. The molecule has 1 aromatic carbocycles.